The predicted octanol–water partition coefficient (Wildman–Crippen LogP) is 3.12. The zero-order chi connectivity index (χ0) is 19.8. The van der Waals surface area contributed by atoms with Gasteiger partial charge in [0.15, 0.2) is 11.6 Å². The first-order valence-electron chi connectivity index (χ1n) is 10.4. The van der Waals surface area contributed by atoms with Crippen LogP contribution in [-0.4, -0.2) is 65.8 Å². The van der Waals surface area contributed by atoms with Gasteiger partial charge in [0.25, 0.3) is 0 Å². The highest BCUT2D eigenvalue weighted by Gasteiger charge is 2.44. The molecular formula is C21H31FN4O2. The maximum Gasteiger partial charge on any atom is 0.201 e. The number of fused-ring (bicyclic) bond motifs is 2. The van der Waals surface area contributed by atoms with Crippen LogP contribution in [0.15, 0.2) is 24.0 Å². The van der Waals surface area contributed by atoms with E-state index in [4.69, 9.17) is 9.47 Å². The molecule has 7 heteroatoms. The van der Waals surface area contributed by atoms with Crippen molar-refractivity contribution in [1.82, 2.24) is 14.8 Å². The van der Waals surface area contributed by atoms with Crippen LogP contribution in [0.1, 0.15) is 46.1 Å². The number of rotatable bonds is 8. The van der Waals surface area contributed by atoms with E-state index in [9.17, 15) is 4.39 Å². The van der Waals surface area contributed by atoms with Gasteiger partial charge in [0.05, 0.1) is 17.8 Å². The van der Waals surface area contributed by atoms with E-state index in [0.29, 0.717) is 42.9 Å². The van der Waals surface area contributed by atoms with Crippen LogP contribution in [0.2, 0.25) is 0 Å². The van der Waals surface area contributed by atoms with Crippen molar-refractivity contribution in [2.24, 2.45) is 0 Å². The Bertz CT molecular complexity index is 729. The standard InChI is InChI=1S/C21H31FN4O2/c1-5-27-21(28-6-2)19-8-7-18(22)20(23-19)24-10-17(11-24)26-13-15-9-16(26)12-25(15)14(3)4/h7-8,13-14,16-17,21H,5-6,9-12H2,1-4H3. The summed E-state index contributed by atoms with van der Waals surface area (Å²) in [6.45, 7) is 12.0. The fourth-order valence-electron chi connectivity index (χ4n) is 4.46. The van der Waals surface area contributed by atoms with Gasteiger partial charge >= 0.3 is 0 Å². The minimum atomic E-state index is -0.549. The second-order valence-electron chi connectivity index (χ2n) is 8.01. The number of anilines is 1. The summed E-state index contributed by atoms with van der Waals surface area (Å²) in [6.07, 6.45) is 2.91. The molecule has 6 nitrogen and oxygen atoms in total. The molecule has 0 amide bonds. The minimum Gasteiger partial charge on any atom is -0.369 e. The summed E-state index contributed by atoms with van der Waals surface area (Å²) >= 11 is 0. The van der Waals surface area contributed by atoms with Crippen molar-refractivity contribution < 1.29 is 13.9 Å². The molecule has 4 heterocycles. The topological polar surface area (TPSA) is 41.1 Å². The smallest absolute Gasteiger partial charge is 0.201 e. The fraction of sp³-hybridized carbons (Fsp3) is 0.667. The average Bonchev–Trinajstić information content (AvgIpc) is 3.23. The number of ether oxygens (including phenoxy) is 2. The first kappa shape index (κ1) is 19.5. The first-order valence-corrected chi connectivity index (χ1v) is 10.4. The van der Waals surface area contributed by atoms with Gasteiger partial charge in [0, 0.05) is 57.2 Å². The van der Waals surface area contributed by atoms with Crippen LogP contribution < -0.4 is 4.90 Å². The number of likely N-dealkylation sites (tertiary alicyclic amines) is 1. The van der Waals surface area contributed by atoms with Crippen LogP contribution in [0.3, 0.4) is 0 Å². The Morgan fingerprint density at radius 1 is 1.11 bits per heavy atom. The molecule has 0 spiro atoms. The minimum absolute atomic E-state index is 0.291. The Morgan fingerprint density at radius 3 is 2.39 bits per heavy atom. The lowest BCUT2D eigenvalue weighted by Crippen LogP contribution is -2.61. The van der Waals surface area contributed by atoms with Crippen molar-refractivity contribution in [3.8, 4) is 0 Å². The van der Waals surface area contributed by atoms with E-state index in [0.717, 1.165) is 26.1 Å². The van der Waals surface area contributed by atoms with E-state index in [1.54, 1.807) is 6.07 Å². The predicted molar refractivity (Wildman–Crippen MR) is 106 cm³/mol. The lowest BCUT2D eigenvalue weighted by Gasteiger charge is -2.48. The van der Waals surface area contributed by atoms with Gasteiger partial charge in [-0.05, 0) is 39.8 Å². The zero-order valence-electron chi connectivity index (χ0n) is 17.3. The number of hydrogen-bond donors (Lipinski definition) is 0. The van der Waals surface area contributed by atoms with Gasteiger partial charge in [0.1, 0.15) is 0 Å². The van der Waals surface area contributed by atoms with Crippen LogP contribution in [-0.2, 0) is 9.47 Å². The second kappa shape index (κ2) is 7.87. The maximum atomic E-state index is 14.5. The van der Waals surface area contributed by atoms with E-state index in [1.807, 2.05) is 18.7 Å². The second-order valence-corrected chi connectivity index (χ2v) is 8.01. The van der Waals surface area contributed by atoms with Crippen molar-refractivity contribution >= 4 is 5.82 Å². The van der Waals surface area contributed by atoms with Crippen molar-refractivity contribution in [2.45, 2.75) is 58.5 Å². The van der Waals surface area contributed by atoms with Gasteiger partial charge in [0.2, 0.25) is 6.29 Å². The van der Waals surface area contributed by atoms with Crippen LogP contribution in [0, 0.1) is 5.82 Å². The summed E-state index contributed by atoms with van der Waals surface area (Å²) in [5.74, 6) is 0.111. The molecule has 0 N–H and O–H groups in total. The van der Waals surface area contributed by atoms with Gasteiger partial charge in [-0.15, -0.1) is 0 Å². The third-order valence-electron chi connectivity index (χ3n) is 5.87. The van der Waals surface area contributed by atoms with Crippen LogP contribution in [0.25, 0.3) is 0 Å². The van der Waals surface area contributed by atoms with Crippen molar-refractivity contribution in [2.75, 3.05) is 37.7 Å². The van der Waals surface area contributed by atoms with Gasteiger partial charge in [-0.3, -0.25) is 0 Å². The van der Waals surface area contributed by atoms with Gasteiger partial charge in [-0.1, -0.05) is 0 Å². The Kier molecular flexibility index (Phi) is 5.47. The van der Waals surface area contributed by atoms with Gasteiger partial charge in [-0.25, -0.2) is 9.37 Å². The molecule has 0 aromatic carbocycles. The molecule has 1 aromatic heterocycles. The van der Waals surface area contributed by atoms with Crippen molar-refractivity contribution in [3.05, 3.63) is 35.5 Å². The third kappa shape index (κ3) is 3.46. The van der Waals surface area contributed by atoms with E-state index in [2.05, 4.69) is 34.8 Å². The quantitative estimate of drug-likeness (QED) is 0.636. The molecule has 154 valence electrons. The summed E-state index contributed by atoms with van der Waals surface area (Å²) in [5, 5.41) is 0. The number of halogens is 1. The zero-order valence-corrected chi connectivity index (χ0v) is 17.3. The highest BCUT2D eigenvalue weighted by molar-refractivity contribution is 5.45. The highest BCUT2D eigenvalue weighted by atomic mass is 19.1. The molecular weight excluding hydrogens is 359 g/mol. The summed E-state index contributed by atoms with van der Waals surface area (Å²) < 4.78 is 25.7. The number of aromatic nitrogens is 1. The summed E-state index contributed by atoms with van der Waals surface area (Å²) in [4.78, 5) is 11.5. The van der Waals surface area contributed by atoms with Crippen LogP contribution in [0.5, 0.6) is 0 Å². The molecule has 2 saturated heterocycles. The van der Waals surface area contributed by atoms with Crippen molar-refractivity contribution in [1.29, 1.82) is 0 Å². The Morgan fingerprint density at radius 2 is 1.82 bits per heavy atom. The lowest BCUT2D eigenvalue weighted by atomic mass is 10.1. The van der Waals surface area contributed by atoms with Crippen molar-refractivity contribution in [3.63, 3.8) is 0 Å². The molecule has 3 aliphatic heterocycles. The molecule has 1 unspecified atom stereocenters. The molecule has 3 aliphatic rings. The van der Waals surface area contributed by atoms with Gasteiger partial charge < -0.3 is 24.2 Å². The van der Waals surface area contributed by atoms with Gasteiger partial charge in [-0.2, -0.15) is 0 Å². The lowest BCUT2D eigenvalue weighted by molar-refractivity contribution is -0.142. The van der Waals surface area contributed by atoms with E-state index >= 15 is 0 Å². The van der Waals surface area contributed by atoms with Crippen LogP contribution >= 0.6 is 0 Å². The molecule has 2 fully saturated rings. The molecule has 4 rings (SSSR count). The molecule has 0 aliphatic carbocycles. The Labute approximate surface area is 166 Å². The van der Waals surface area contributed by atoms with E-state index in [1.165, 1.54) is 11.8 Å². The monoisotopic (exact) mass is 390 g/mol. The highest BCUT2D eigenvalue weighted by Crippen LogP contribution is 2.38. The molecule has 1 atom stereocenters. The number of nitrogens with zero attached hydrogens (tertiary/aromatic N) is 4. The van der Waals surface area contributed by atoms with Crippen LogP contribution in [0.4, 0.5) is 10.2 Å². The first-order chi connectivity index (χ1) is 13.5. The number of hydrogen-bond acceptors (Lipinski definition) is 6. The summed E-state index contributed by atoms with van der Waals surface area (Å²) in [6, 6.07) is 4.67. The summed E-state index contributed by atoms with van der Waals surface area (Å²) in [5.41, 5.74) is 2.07. The van der Waals surface area contributed by atoms with E-state index < -0.39 is 6.29 Å². The molecule has 1 aromatic rings. The third-order valence-corrected chi connectivity index (χ3v) is 5.87. The SMILES string of the molecule is CCOC(OCC)c1ccc(F)c(N2CC(N3C=C4CC3CN4C(C)C)C2)n1. The normalized spacial score (nSPS) is 21.9. The average molecular weight is 391 g/mol. The Balaban J connectivity index is 1.42. The molecule has 2 bridgehead atoms. The summed E-state index contributed by atoms with van der Waals surface area (Å²) in [7, 11) is 0. The number of pyridine rings is 1. The fourth-order valence-corrected chi connectivity index (χ4v) is 4.46. The Hall–Kier alpha value is -1.86. The molecule has 28 heavy (non-hydrogen) atoms. The largest absolute Gasteiger partial charge is 0.369 e. The molecule has 0 saturated carbocycles. The maximum absolute atomic E-state index is 14.5. The molecule has 0 radical (unpaired) electrons. The van der Waals surface area contributed by atoms with E-state index in [-0.39, 0.29) is 5.82 Å².